The van der Waals surface area contributed by atoms with Crippen molar-refractivity contribution in [2.24, 2.45) is 0 Å². The molecule has 0 aromatic carbocycles. The van der Waals surface area contributed by atoms with E-state index in [1.54, 1.807) is 0 Å². The number of hydrogen-bond donors (Lipinski definition) is 0. The fourth-order valence-corrected chi connectivity index (χ4v) is 0. The summed E-state index contributed by atoms with van der Waals surface area (Å²) in [5.74, 6) is 0. The Morgan fingerprint density at radius 1 is 1.75 bits per heavy atom. The van der Waals surface area contributed by atoms with Crippen LogP contribution in [0.5, 0.6) is 0 Å². The van der Waals surface area contributed by atoms with Crippen LogP contribution in [0.4, 0.5) is 0 Å². The molecule has 0 aromatic rings. The van der Waals surface area contributed by atoms with Crippen LogP contribution in [-0.4, -0.2) is 16.0 Å². The van der Waals surface area contributed by atoms with Crippen molar-refractivity contribution in [3.05, 3.63) is 0 Å². The first-order chi connectivity index (χ1) is 1.41. The highest BCUT2D eigenvalue weighted by Crippen LogP contribution is 1.65. The first-order valence-corrected chi connectivity index (χ1v) is 2.98. The van der Waals surface area contributed by atoms with Crippen LogP contribution in [0.25, 0.3) is 0 Å². The van der Waals surface area contributed by atoms with Crippen LogP contribution in [0.2, 0.25) is 0 Å². The van der Waals surface area contributed by atoms with E-state index in [2.05, 4.69) is 11.8 Å². The Kier molecular flexibility index (Phi) is 20.8. The van der Waals surface area contributed by atoms with Gasteiger partial charge in [-0.1, -0.05) is 19.0 Å². The highest BCUT2D eigenvalue weighted by atomic mass is 32.4. The zero-order valence-electron chi connectivity index (χ0n) is 1.86. The molecular weight excluding hydrogens is 84.7 g/mol. The van der Waals surface area contributed by atoms with Gasteiger partial charge in [0.05, 0.1) is 8.41 Å². The van der Waals surface area contributed by atoms with E-state index in [0.29, 0.717) is 0 Å². The predicted octanol–water partition coefficient (Wildman–Crippen LogP) is -1.24. The topological polar surface area (TPSA) is 0 Å². The molecule has 0 aliphatic heterocycles. The molecule has 0 aliphatic rings. The van der Waals surface area contributed by atoms with E-state index in [1.807, 2.05) is 7.57 Å². The van der Waals surface area contributed by atoms with Crippen LogP contribution >= 0.6 is 7.23 Å². The summed E-state index contributed by atoms with van der Waals surface area (Å²) in [6, 6.07) is 0. The van der Waals surface area contributed by atoms with Crippen molar-refractivity contribution in [1.82, 2.24) is 0 Å². The fourth-order valence-electron chi connectivity index (χ4n) is 0. The third-order valence-corrected chi connectivity index (χ3v) is 0. The molecule has 0 fully saturated rings. The summed E-state index contributed by atoms with van der Waals surface area (Å²) in [7, 11) is 2.91. The van der Waals surface area contributed by atoms with Gasteiger partial charge in [-0.25, -0.2) is 0 Å². The lowest BCUT2D eigenvalue weighted by molar-refractivity contribution is 5.12. The second-order valence-electron chi connectivity index (χ2n) is 0.183. The Bertz CT molecular complexity index is 13.5. The van der Waals surface area contributed by atoms with Crippen molar-refractivity contribution in [3.63, 3.8) is 0 Å². The lowest BCUT2D eigenvalue weighted by Crippen LogP contribution is -1.07. The molecule has 0 atom stereocenters. The molecule has 0 aliphatic carbocycles. The van der Waals surface area contributed by atoms with E-state index in [-0.39, 0.29) is 8.41 Å². The molecule has 22 valence electrons. The maximum Gasteiger partial charge on any atom is 0.181 e. The molecule has 0 N–H and O–H groups in total. The third-order valence-electron chi connectivity index (χ3n) is 0. The lowest BCUT2D eigenvalue weighted by Gasteiger charge is -1.23. The third kappa shape index (κ3) is 17.1. The van der Waals surface area contributed by atoms with Gasteiger partial charge < -0.3 is 0 Å². The Labute approximate surface area is 35.8 Å². The van der Waals surface area contributed by atoms with Crippen molar-refractivity contribution in [3.8, 4) is 0 Å². The predicted molar refractivity (Wildman–Crippen MR) is 32.8 cm³/mol. The van der Waals surface area contributed by atoms with Crippen molar-refractivity contribution < 1.29 is 0 Å². The van der Waals surface area contributed by atoms with Gasteiger partial charge in [-0.05, 0) is 0 Å². The molecule has 0 radical (unpaired) electrons. The first kappa shape index (κ1) is 8.82. The van der Waals surface area contributed by atoms with Gasteiger partial charge in [0.1, 0.15) is 0 Å². The molecule has 0 saturated heterocycles. The van der Waals surface area contributed by atoms with Gasteiger partial charge in [0.2, 0.25) is 0 Å². The van der Waals surface area contributed by atoms with Crippen molar-refractivity contribution in [2.75, 3.05) is 0 Å². The van der Waals surface area contributed by atoms with Crippen LogP contribution in [0.1, 0.15) is 0 Å². The van der Waals surface area contributed by atoms with Gasteiger partial charge in [0.15, 0.2) is 7.57 Å². The maximum atomic E-state index is 4.37. The number of rotatable bonds is 0. The minimum atomic E-state index is 0. The second kappa shape index (κ2) is 9.42. The monoisotopic (exact) mass is 90.0 g/mol. The van der Waals surface area contributed by atoms with Crippen molar-refractivity contribution >= 4 is 35.0 Å². The average molecular weight is 89.7 g/mol. The summed E-state index contributed by atoms with van der Waals surface area (Å²) in [5, 5.41) is 0. The fraction of sp³-hybridized carbons (Fsp3) is 0. The Hall–Kier alpha value is 0.650. The highest BCUT2D eigenvalue weighted by molar-refractivity contribution is 8.07. The van der Waals surface area contributed by atoms with E-state index < -0.39 is 0 Å². The zero-order valence-corrected chi connectivity index (χ0v) is 3.57. The van der Waals surface area contributed by atoms with Gasteiger partial charge in [-0.2, -0.15) is 0 Å². The molecule has 0 heterocycles. The molecule has 0 rings (SSSR count). The van der Waals surface area contributed by atoms with Gasteiger partial charge in [0.25, 0.3) is 0 Å². The molecule has 0 spiro atoms. The Morgan fingerprint density at radius 2 is 1.75 bits per heavy atom. The molecule has 0 bridgehead atoms. The zero-order chi connectivity index (χ0) is 2.71. The van der Waals surface area contributed by atoms with E-state index in [4.69, 9.17) is 0 Å². The molecule has 4 heteroatoms. The minimum absolute atomic E-state index is 0. The van der Waals surface area contributed by atoms with Gasteiger partial charge in [0, 0.05) is 0 Å². The first-order valence-electron chi connectivity index (χ1n) is 0.630. The molecule has 0 saturated carbocycles. The lowest BCUT2D eigenvalue weighted by atomic mass is 10.8. The summed E-state index contributed by atoms with van der Waals surface area (Å²) >= 11 is 4.37. The second-order valence-corrected chi connectivity index (χ2v) is 1.64. The van der Waals surface area contributed by atoms with E-state index in [0.717, 1.165) is 7.23 Å². The smallest absolute Gasteiger partial charge is 0.0871 e. The van der Waals surface area contributed by atoms with Gasteiger partial charge in [-0.3, -0.25) is 0 Å². The van der Waals surface area contributed by atoms with Crippen LogP contribution in [-0.2, 0) is 11.8 Å². The summed E-state index contributed by atoms with van der Waals surface area (Å²) < 4.78 is 0. The van der Waals surface area contributed by atoms with Crippen LogP contribution < -0.4 is 0 Å². The van der Waals surface area contributed by atoms with Crippen LogP contribution in [0.15, 0.2) is 0 Å². The summed E-state index contributed by atoms with van der Waals surface area (Å²) in [4.78, 5) is 0. The molecule has 0 unspecified atom stereocenters. The minimum Gasteiger partial charge on any atom is -0.0871 e. The highest BCUT2D eigenvalue weighted by Gasteiger charge is 1.24. The molecule has 4 heavy (non-hydrogen) atoms. The summed E-state index contributed by atoms with van der Waals surface area (Å²) in [6.07, 6.45) is 0. The quantitative estimate of drug-likeness (QED) is 0.264. The Morgan fingerprint density at radius 3 is 1.75 bits per heavy atom. The average Bonchev–Trinajstić information content (AvgIpc) is 0.918. The Balaban J connectivity index is 0. The van der Waals surface area contributed by atoms with Gasteiger partial charge >= 0.3 is 0 Å². The molecule has 0 nitrogen and oxygen atoms in total. The maximum absolute atomic E-state index is 4.37. The molecule has 0 aromatic heterocycles. The van der Waals surface area contributed by atoms with Crippen LogP contribution in [0, 0.1) is 0 Å². The number of hydrogen-bond acceptors (Lipinski definition) is 1. The molecule has 0 amide bonds. The molecular formula is H5B2PS. The van der Waals surface area contributed by atoms with Crippen molar-refractivity contribution in [2.45, 2.75) is 0 Å². The normalized spacial score (nSPS) is 5.00. The summed E-state index contributed by atoms with van der Waals surface area (Å²) in [5.41, 5.74) is 0. The van der Waals surface area contributed by atoms with E-state index in [9.17, 15) is 0 Å². The van der Waals surface area contributed by atoms with Crippen LogP contribution in [0.3, 0.4) is 0 Å². The van der Waals surface area contributed by atoms with E-state index >= 15 is 0 Å². The SMILES string of the molecule is B.BP=S. The standard InChI is InChI=1S/BH2PS.BH3/c1-2-3;/h1H2;1H3. The van der Waals surface area contributed by atoms with Gasteiger partial charge in [-0.15, -0.1) is 0 Å². The van der Waals surface area contributed by atoms with E-state index in [1.165, 1.54) is 0 Å². The largest absolute Gasteiger partial charge is 0.181 e. The van der Waals surface area contributed by atoms with Crippen molar-refractivity contribution in [1.29, 1.82) is 0 Å². The summed E-state index contributed by atoms with van der Waals surface area (Å²) in [6.45, 7) is 0.